The Morgan fingerprint density at radius 1 is 1.29 bits per heavy atom. The highest BCUT2D eigenvalue weighted by Gasteiger charge is 2.24. The maximum atomic E-state index is 5.38. The average molecular weight is 215 g/mol. The highest BCUT2D eigenvalue weighted by Crippen LogP contribution is 2.25. The summed E-state index contributed by atoms with van der Waals surface area (Å²) in [4.78, 5) is 0. The molecule has 2 unspecified atom stereocenters. The fraction of sp³-hybridized carbons (Fsp3) is 1.00. The van der Waals surface area contributed by atoms with Gasteiger partial charge in [0.2, 0.25) is 0 Å². The van der Waals surface area contributed by atoms with Gasteiger partial charge in [-0.2, -0.15) is 11.8 Å². The summed E-state index contributed by atoms with van der Waals surface area (Å²) in [5.74, 6) is 3.62. The summed E-state index contributed by atoms with van der Waals surface area (Å²) in [5, 5.41) is 3.71. The van der Waals surface area contributed by atoms with Gasteiger partial charge in [-0.15, -0.1) is 0 Å². The molecule has 0 aromatic heterocycles. The van der Waals surface area contributed by atoms with Crippen molar-refractivity contribution in [3.8, 4) is 0 Å². The number of hydrogen-bond acceptors (Lipinski definition) is 3. The van der Waals surface area contributed by atoms with E-state index in [2.05, 4.69) is 24.0 Å². The second-order valence-corrected chi connectivity index (χ2v) is 5.69. The zero-order valence-corrected chi connectivity index (χ0v) is 9.81. The molecule has 14 heavy (non-hydrogen) atoms. The molecule has 2 saturated heterocycles. The van der Waals surface area contributed by atoms with Crippen molar-refractivity contribution in [1.82, 2.24) is 5.32 Å². The summed E-state index contributed by atoms with van der Waals surface area (Å²) < 4.78 is 5.38. The molecule has 2 nitrogen and oxygen atoms in total. The molecule has 0 aromatic rings. The molecule has 0 amide bonds. The highest BCUT2D eigenvalue weighted by atomic mass is 32.2. The van der Waals surface area contributed by atoms with Crippen molar-refractivity contribution < 1.29 is 4.74 Å². The van der Waals surface area contributed by atoms with Gasteiger partial charge in [0.05, 0.1) is 6.61 Å². The third kappa shape index (κ3) is 2.88. The van der Waals surface area contributed by atoms with Gasteiger partial charge in [0.15, 0.2) is 0 Å². The van der Waals surface area contributed by atoms with Crippen LogP contribution in [0.2, 0.25) is 0 Å². The number of hydrogen-bond donors (Lipinski definition) is 1. The maximum absolute atomic E-state index is 5.38. The van der Waals surface area contributed by atoms with E-state index in [0.717, 1.165) is 19.1 Å². The molecular formula is C11H21NOS. The molecular weight excluding hydrogens is 194 g/mol. The Labute approximate surface area is 91.2 Å². The zero-order valence-electron chi connectivity index (χ0n) is 9.00. The van der Waals surface area contributed by atoms with Gasteiger partial charge in [-0.3, -0.25) is 0 Å². The molecule has 0 aromatic carbocycles. The lowest BCUT2D eigenvalue weighted by Gasteiger charge is -2.30. The van der Waals surface area contributed by atoms with E-state index in [0.29, 0.717) is 12.1 Å². The Kier molecular flexibility index (Phi) is 4.14. The van der Waals surface area contributed by atoms with E-state index in [9.17, 15) is 0 Å². The van der Waals surface area contributed by atoms with Crippen molar-refractivity contribution in [2.45, 2.75) is 38.3 Å². The summed E-state index contributed by atoms with van der Waals surface area (Å²) in [6, 6.07) is 1.31. The Morgan fingerprint density at radius 3 is 2.71 bits per heavy atom. The fourth-order valence-electron chi connectivity index (χ4n) is 2.39. The Morgan fingerprint density at radius 2 is 2.07 bits per heavy atom. The summed E-state index contributed by atoms with van der Waals surface area (Å²) in [6.07, 6.45) is 3.99. The molecule has 0 radical (unpaired) electrons. The molecule has 2 atom stereocenters. The van der Waals surface area contributed by atoms with Gasteiger partial charge in [-0.1, -0.05) is 0 Å². The fourth-order valence-corrected chi connectivity index (χ4v) is 3.53. The minimum absolute atomic E-state index is 0.625. The van der Waals surface area contributed by atoms with Gasteiger partial charge in [0, 0.05) is 18.7 Å². The highest BCUT2D eigenvalue weighted by molar-refractivity contribution is 7.99. The maximum Gasteiger partial charge on any atom is 0.0620 e. The molecule has 0 spiro atoms. The van der Waals surface area contributed by atoms with E-state index in [-0.39, 0.29) is 0 Å². The molecule has 0 bridgehead atoms. The lowest BCUT2D eigenvalue weighted by atomic mass is 9.94. The minimum atomic E-state index is 0.625. The second kappa shape index (κ2) is 5.38. The molecule has 2 heterocycles. The Bertz CT molecular complexity index is 165. The largest absolute Gasteiger partial charge is 0.380 e. The van der Waals surface area contributed by atoms with Gasteiger partial charge in [-0.05, 0) is 43.6 Å². The standard InChI is InChI=1S/C11H21NOS/c1-9(10-3-6-14-7-4-10)12-11-2-5-13-8-11/h9-12H,2-8H2,1H3. The smallest absolute Gasteiger partial charge is 0.0620 e. The van der Waals surface area contributed by atoms with Crippen LogP contribution in [0.5, 0.6) is 0 Å². The molecule has 0 aliphatic carbocycles. The minimum Gasteiger partial charge on any atom is -0.380 e. The molecule has 0 saturated carbocycles. The number of ether oxygens (including phenoxy) is 1. The summed E-state index contributed by atoms with van der Waals surface area (Å²) in [7, 11) is 0. The third-order valence-electron chi connectivity index (χ3n) is 3.40. The van der Waals surface area contributed by atoms with Crippen LogP contribution in [0.3, 0.4) is 0 Å². The van der Waals surface area contributed by atoms with E-state index in [1.54, 1.807) is 0 Å². The van der Waals surface area contributed by atoms with Crippen molar-refractivity contribution in [1.29, 1.82) is 0 Å². The zero-order chi connectivity index (χ0) is 9.80. The van der Waals surface area contributed by atoms with Crippen LogP contribution < -0.4 is 5.32 Å². The van der Waals surface area contributed by atoms with Crippen LogP contribution in [0.1, 0.15) is 26.2 Å². The number of nitrogens with one attached hydrogen (secondary N) is 1. The van der Waals surface area contributed by atoms with Crippen LogP contribution in [0, 0.1) is 5.92 Å². The van der Waals surface area contributed by atoms with Gasteiger partial charge >= 0.3 is 0 Å². The van der Waals surface area contributed by atoms with Crippen molar-refractivity contribution in [2.24, 2.45) is 5.92 Å². The summed E-state index contributed by atoms with van der Waals surface area (Å²) in [5.41, 5.74) is 0. The second-order valence-electron chi connectivity index (χ2n) is 4.47. The third-order valence-corrected chi connectivity index (χ3v) is 4.45. The van der Waals surface area contributed by atoms with Gasteiger partial charge in [0.25, 0.3) is 0 Å². The summed E-state index contributed by atoms with van der Waals surface area (Å²) in [6.45, 7) is 4.22. The lowest BCUT2D eigenvalue weighted by molar-refractivity contribution is 0.185. The number of rotatable bonds is 3. The van der Waals surface area contributed by atoms with Crippen LogP contribution in [0.4, 0.5) is 0 Å². The first-order valence-electron chi connectivity index (χ1n) is 5.78. The predicted octanol–water partition coefficient (Wildman–Crippen LogP) is 1.90. The Balaban J connectivity index is 1.72. The van der Waals surface area contributed by atoms with Gasteiger partial charge < -0.3 is 10.1 Å². The van der Waals surface area contributed by atoms with Crippen LogP contribution in [0.25, 0.3) is 0 Å². The molecule has 82 valence electrons. The molecule has 3 heteroatoms. The molecule has 2 aliphatic heterocycles. The van der Waals surface area contributed by atoms with Gasteiger partial charge in [-0.25, -0.2) is 0 Å². The number of thioether (sulfide) groups is 1. The van der Waals surface area contributed by atoms with Crippen molar-refractivity contribution in [2.75, 3.05) is 24.7 Å². The van der Waals surface area contributed by atoms with Gasteiger partial charge in [0.1, 0.15) is 0 Å². The monoisotopic (exact) mass is 215 g/mol. The van der Waals surface area contributed by atoms with E-state index >= 15 is 0 Å². The molecule has 2 aliphatic rings. The van der Waals surface area contributed by atoms with Crippen molar-refractivity contribution >= 4 is 11.8 Å². The molecule has 2 rings (SSSR count). The van der Waals surface area contributed by atoms with Crippen molar-refractivity contribution in [3.05, 3.63) is 0 Å². The SMILES string of the molecule is CC(NC1CCOC1)C1CCSCC1. The first-order chi connectivity index (χ1) is 6.86. The topological polar surface area (TPSA) is 21.3 Å². The predicted molar refractivity (Wildman–Crippen MR) is 61.9 cm³/mol. The van der Waals surface area contributed by atoms with E-state index in [4.69, 9.17) is 4.74 Å². The van der Waals surface area contributed by atoms with E-state index < -0.39 is 0 Å². The average Bonchev–Trinajstić information content (AvgIpc) is 2.72. The van der Waals surface area contributed by atoms with E-state index in [1.165, 1.54) is 30.8 Å². The first kappa shape index (κ1) is 10.8. The normalized spacial score (nSPS) is 31.9. The van der Waals surface area contributed by atoms with Crippen LogP contribution in [0.15, 0.2) is 0 Å². The van der Waals surface area contributed by atoms with Crippen molar-refractivity contribution in [3.63, 3.8) is 0 Å². The molecule has 1 N–H and O–H groups in total. The molecule has 2 fully saturated rings. The first-order valence-corrected chi connectivity index (χ1v) is 6.93. The Hall–Kier alpha value is 0.270. The lowest BCUT2D eigenvalue weighted by Crippen LogP contribution is -2.42. The quantitative estimate of drug-likeness (QED) is 0.777. The van der Waals surface area contributed by atoms with E-state index in [1.807, 2.05) is 0 Å². The van der Waals surface area contributed by atoms with Crippen LogP contribution in [-0.4, -0.2) is 36.8 Å². The summed E-state index contributed by atoms with van der Waals surface area (Å²) >= 11 is 2.11. The van der Waals surface area contributed by atoms with Crippen LogP contribution in [-0.2, 0) is 4.74 Å². The van der Waals surface area contributed by atoms with Crippen LogP contribution >= 0.6 is 11.8 Å².